The zero-order chi connectivity index (χ0) is 25.5. The van der Waals surface area contributed by atoms with E-state index in [-0.39, 0.29) is 5.92 Å². The van der Waals surface area contributed by atoms with Crippen LogP contribution in [0.1, 0.15) is 45.2 Å². The van der Waals surface area contributed by atoms with Crippen molar-refractivity contribution in [2.24, 2.45) is 0 Å². The summed E-state index contributed by atoms with van der Waals surface area (Å²) in [6, 6.07) is 53.8. The third-order valence-electron chi connectivity index (χ3n) is 7.11. The summed E-state index contributed by atoms with van der Waals surface area (Å²) in [5.41, 5.74) is 5.20. The van der Waals surface area contributed by atoms with E-state index in [2.05, 4.69) is 48.5 Å². The van der Waals surface area contributed by atoms with Crippen LogP contribution in [0.2, 0.25) is 0 Å². The maximum atomic E-state index is 10.7. The van der Waals surface area contributed by atoms with Crippen molar-refractivity contribution in [3.05, 3.63) is 179 Å². The first-order valence-electron chi connectivity index (χ1n) is 12.4. The van der Waals surface area contributed by atoms with E-state index in [0.29, 0.717) is 0 Å². The molecule has 0 saturated carbocycles. The minimum Gasteiger partial charge on any atom is -0.198 e. The molecule has 176 valence electrons. The normalized spacial score (nSPS) is 12.6. The molecule has 0 N–H and O–H groups in total. The summed E-state index contributed by atoms with van der Waals surface area (Å²) in [5, 5.41) is 20.7. The number of hydrogen-bond donors (Lipinski definition) is 0. The summed E-state index contributed by atoms with van der Waals surface area (Å²) in [4.78, 5) is 0. The van der Waals surface area contributed by atoms with Crippen molar-refractivity contribution in [1.82, 2.24) is 0 Å². The number of nitrogens with zero attached hydrogens (tertiary/aromatic N) is 2. The van der Waals surface area contributed by atoms with Crippen molar-refractivity contribution in [3.8, 4) is 12.1 Å². The predicted molar refractivity (Wildman–Crippen MR) is 148 cm³/mol. The first-order valence-corrected chi connectivity index (χ1v) is 12.4. The fourth-order valence-corrected chi connectivity index (χ4v) is 5.39. The van der Waals surface area contributed by atoms with E-state index in [4.69, 9.17) is 0 Å². The fraction of sp³-hybridized carbons (Fsp3) is 0.0857. The lowest BCUT2D eigenvalue weighted by Gasteiger charge is -2.40. The van der Waals surface area contributed by atoms with Crippen molar-refractivity contribution >= 4 is 0 Å². The smallest absolute Gasteiger partial charge is 0.0962 e. The summed E-state index contributed by atoms with van der Waals surface area (Å²) in [5.74, 6) is -0.843. The maximum absolute atomic E-state index is 10.7. The lowest BCUT2D eigenvalue weighted by Crippen LogP contribution is -2.36. The van der Waals surface area contributed by atoms with Crippen molar-refractivity contribution in [2.45, 2.75) is 17.3 Å². The Bertz CT molecular complexity index is 1470. The van der Waals surface area contributed by atoms with Crippen molar-refractivity contribution < 1.29 is 0 Å². The zero-order valence-electron chi connectivity index (χ0n) is 20.4. The van der Waals surface area contributed by atoms with Gasteiger partial charge in [-0.25, -0.2) is 0 Å². The van der Waals surface area contributed by atoms with Crippen LogP contribution < -0.4 is 0 Å². The van der Waals surface area contributed by atoms with Gasteiger partial charge < -0.3 is 0 Å². The van der Waals surface area contributed by atoms with Gasteiger partial charge in [0.2, 0.25) is 0 Å². The van der Waals surface area contributed by atoms with Crippen molar-refractivity contribution in [3.63, 3.8) is 0 Å². The van der Waals surface area contributed by atoms with Crippen molar-refractivity contribution in [1.29, 1.82) is 10.5 Å². The lowest BCUT2D eigenvalue weighted by atomic mass is 9.60. The molecule has 0 aromatic heterocycles. The van der Waals surface area contributed by atoms with E-state index >= 15 is 0 Å². The summed E-state index contributed by atoms with van der Waals surface area (Å²) in [7, 11) is 0. The summed E-state index contributed by atoms with van der Waals surface area (Å²) >= 11 is 0. The molecule has 0 bridgehead atoms. The molecule has 2 unspecified atom stereocenters. The molecular weight excluding hydrogens is 448 g/mol. The Morgan fingerprint density at radius 3 is 1.22 bits per heavy atom. The molecule has 0 aliphatic carbocycles. The zero-order valence-corrected chi connectivity index (χ0v) is 20.4. The standard InChI is InChI=1S/C35H26N2/c36-25-33(27-13-5-1-6-14-27)28-21-23-32(24-22-28)35(30-17-9-3-10-18-30,31-19-11-4-12-20-31)34(26-37)29-15-7-2-8-16-29/h1-24,33-34H. The molecule has 5 rings (SSSR count). The second kappa shape index (κ2) is 10.8. The Morgan fingerprint density at radius 2 is 0.784 bits per heavy atom. The fourth-order valence-electron chi connectivity index (χ4n) is 5.39. The molecule has 0 amide bonds. The number of benzene rings is 5. The van der Waals surface area contributed by atoms with Gasteiger partial charge in [-0.2, -0.15) is 10.5 Å². The summed E-state index contributed by atoms with van der Waals surface area (Å²) in [6.07, 6.45) is 0. The third kappa shape index (κ3) is 4.42. The first kappa shape index (κ1) is 23.8. The molecule has 5 aromatic carbocycles. The molecule has 0 aliphatic rings. The van der Waals surface area contributed by atoms with Gasteiger partial charge in [-0.1, -0.05) is 146 Å². The van der Waals surface area contributed by atoms with E-state index in [9.17, 15) is 10.5 Å². The van der Waals surface area contributed by atoms with Crippen LogP contribution in [0.25, 0.3) is 0 Å². The maximum Gasteiger partial charge on any atom is 0.0962 e. The van der Waals surface area contributed by atoms with Crippen LogP contribution in [0.4, 0.5) is 0 Å². The molecule has 2 heteroatoms. The predicted octanol–water partition coefficient (Wildman–Crippen LogP) is 7.98. The number of rotatable bonds is 7. The lowest BCUT2D eigenvalue weighted by molar-refractivity contribution is 0.558. The molecular formula is C35H26N2. The largest absolute Gasteiger partial charge is 0.198 e. The molecule has 0 radical (unpaired) electrons. The monoisotopic (exact) mass is 474 g/mol. The second-order valence-electron chi connectivity index (χ2n) is 9.11. The van der Waals surface area contributed by atoms with Crippen LogP contribution in [0.3, 0.4) is 0 Å². The molecule has 0 aliphatic heterocycles. The van der Waals surface area contributed by atoms with Crippen LogP contribution in [0.5, 0.6) is 0 Å². The highest BCUT2D eigenvalue weighted by atomic mass is 14.5. The van der Waals surface area contributed by atoms with Crippen LogP contribution >= 0.6 is 0 Å². The average molecular weight is 475 g/mol. The molecule has 2 nitrogen and oxygen atoms in total. The molecule has 37 heavy (non-hydrogen) atoms. The average Bonchev–Trinajstić information content (AvgIpc) is 2.99. The van der Waals surface area contributed by atoms with Gasteiger partial charge in [-0.3, -0.25) is 0 Å². The Labute approximate surface area is 218 Å². The first-order chi connectivity index (χ1) is 18.3. The Hall–Kier alpha value is -4.92. The molecule has 0 heterocycles. The van der Waals surface area contributed by atoms with Gasteiger partial charge in [0.25, 0.3) is 0 Å². The quantitative estimate of drug-likeness (QED) is 0.224. The SMILES string of the molecule is N#CC(c1ccccc1)c1ccc(C(c2ccccc2)(c2ccccc2)C(C#N)c2ccccc2)cc1. The van der Waals surface area contributed by atoms with Gasteiger partial charge in [0.05, 0.1) is 29.4 Å². The highest BCUT2D eigenvalue weighted by molar-refractivity contribution is 5.57. The second-order valence-corrected chi connectivity index (χ2v) is 9.11. The minimum absolute atomic E-state index is 0.362. The Morgan fingerprint density at radius 1 is 0.405 bits per heavy atom. The van der Waals surface area contributed by atoms with Crippen LogP contribution in [0, 0.1) is 22.7 Å². The topological polar surface area (TPSA) is 47.6 Å². The van der Waals surface area contributed by atoms with E-state index < -0.39 is 11.3 Å². The van der Waals surface area contributed by atoms with Gasteiger partial charge in [0, 0.05) is 0 Å². The highest BCUT2D eigenvalue weighted by Crippen LogP contribution is 2.49. The van der Waals surface area contributed by atoms with Gasteiger partial charge in [0.15, 0.2) is 0 Å². The van der Waals surface area contributed by atoms with E-state index in [1.165, 1.54) is 0 Å². The van der Waals surface area contributed by atoms with E-state index in [0.717, 1.165) is 33.4 Å². The van der Waals surface area contributed by atoms with Gasteiger partial charge in [-0.15, -0.1) is 0 Å². The molecule has 5 aromatic rings. The third-order valence-corrected chi connectivity index (χ3v) is 7.11. The highest BCUT2D eigenvalue weighted by Gasteiger charge is 2.45. The van der Waals surface area contributed by atoms with Crippen molar-refractivity contribution in [2.75, 3.05) is 0 Å². The van der Waals surface area contributed by atoms with Gasteiger partial charge in [0.1, 0.15) is 0 Å². The number of hydrogen-bond acceptors (Lipinski definition) is 2. The summed E-state index contributed by atoms with van der Waals surface area (Å²) < 4.78 is 0. The van der Waals surface area contributed by atoms with Gasteiger partial charge >= 0.3 is 0 Å². The van der Waals surface area contributed by atoms with Gasteiger partial charge in [-0.05, 0) is 33.4 Å². The molecule has 0 spiro atoms. The summed E-state index contributed by atoms with van der Waals surface area (Å²) in [6.45, 7) is 0. The molecule has 2 atom stereocenters. The van der Waals surface area contributed by atoms with E-state index in [1.807, 2.05) is 109 Å². The minimum atomic E-state index is -0.758. The Balaban J connectivity index is 1.76. The molecule has 0 saturated heterocycles. The number of nitriles is 2. The molecule has 0 fully saturated rings. The van der Waals surface area contributed by atoms with Crippen LogP contribution in [0.15, 0.2) is 146 Å². The van der Waals surface area contributed by atoms with E-state index in [1.54, 1.807) is 0 Å². The Kier molecular flexibility index (Phi) is 6.93. The van der Waals surface area contributed by atoms with Crippen LogP contribution in [-0.2, 0) is 5.41 Å². The van der Waals surface area contributed by atoms with Crippen LogP contribution in [-0.4, -0.2) is 0 Å².